The fourth-order valence-electron chi connectivity index (χ4n) is 6.37. The average Bonchev–Trinajstić information content (AvgIpc) is 3.51. The quantitative estimate of drug-likeness (QED) is 0.291. The highest BCUT2D eigenvalue weighted by molar-refractivity contribution is 6.73. The molecule has 0 bridgehead atoms. The Morgan fingerprint density at radius 1 is 1.06 bits per heavy atom. The zero-order valence-electron chi connectivity index (χ0n) is 20.2. The molecule has 0 aromatic carbocycles. The average molecular weight is 453 g/mol. The van der Waals surface area contributed by atoms with Crippen LogP contribution in [0.3, 0.4) is 0 Å². The summed E-state index contributed by atoms with van der Waals surface area (Å²) in [7, 11) is -1.54. The lowest BCUT2D eigenvalue weighted by Gasteiger charge is -2.48. The SMILES string of the molecule is CC[Si](CC)(CC)OC1CCCC2(C)C(C(C)C=CC(=O)C3CC3)CCC12.O=C(O)O. The first kappa shape index (κ1) is 26.1. The monoisotopic (exact) mass is 452 g/mol. The molecule has 0 heterocycles. The van der Waals surface area contributed by atoms with Crippen LogP contribution in [-0.4, -0.2) is 36.6 Å². The van der Waals surface area contributed by atoms with Gasteiger partial charge in [-0.1, -0.05) is 47.1 Å². The Bertz CT molecular complexity index is 628. The number of rotatable bonds is 9. The van der Waals surface area contributed by atoms with E-state index in [1.165, 1.54) is 50.2 Å². The number of carbonyl (C=O) groups excluding carboxylic acids is 1. The van der Waals surface area contributed by atoms with Gasteiger partial charge in [0.2, 0.25) is 0 Å². The Morgan fingerprint density at radius 2 is 1.65 bits per heavy atom. The molecule has 31 heavy (non-hydrogen) atoms. The highest BCUT2D eigenvalue weighted by Gasteiger charge is 2.53. The van der Waals surface area contributed by atoms with Crippen molar-refractivity contribution in [1.29, 1.82) is 0 Å². The van der Waals surface area contributed by atoms with E-state index in [1.54, 1.807) is 0 Å². The maximum Gasteiger partial charge on any atom is 0.503 e. The lowest BCUT2D eigenvalue weighted by molar-refractivity contribution is -0.115. The Morgan fingerprint density at radius 3 is 2.16 bits per heavy atom. The smallest absolute Gasteiger partial charge is 0.450 e. The normalized spacial score (nSPS) is 31.6. The molecule has 3 aliphatic rings. The van der Waals surface area contributed by atoms with Crippen LogP contribution in [0.15, 0.2) is 12.2 Å². The van der Waals surface area contributed by atoms with Gasteiger partial charge >= 0.3 is 6.16 Å². The molecule has 5 nitrogen and oxygen atoms in total. The topological polar surface area (TPSA) is 83.8 Å². The van der Waals surface area contributed by atoms with Gasteiger partial charge in [-0.25, -0.2) is 4.79 Å². The summed E-state index contributed by atoms with van der Waals surface area (Å²) in [5, 5.41) is 13.9. The van der Waals surface area contributed by atoms with Gasteiger partial charge in [0.15, 0.2) is 14.1 Å². The van der Waals surface area contributed by atoms with E-state index in [0.717, 1.165) is 18.8 Å². The third-order valence-electron chi connectivity index (χ3n) is 8.65. The van der Waals surface area contributed by atoms with Gasteiger partial charge in [0.05, 0.1) is 0 Å². The van der Waals surface area contributed by atoms with Gasteiger partial charge < -0.3 is 14.6 Å². The zero-order chi connectivity index (χ0) is 23.2. The lowest BCUT2D eigenvalue weighted by Crippen LogP contribution is -2.48. The van der Waals surface area contributed by atoms with Crippen molar-refractivity contribution < 1.29 is 24.2 Å². The van der Waals surface area contributed by atoms with Crippen LogP contribution in [0.25, 0.3) is 0 Å². The molecule has 0 spiro atoms. The second-order valence-corrected chi connectivity index (χ2v) is 15.0. The summed E-state index contributed by atoms with van der Waals surface area (Å²) in [5.74, 6) is 2.66. The van der Waals surface area contributed by atoms with E-state index in [9.17, 15) is 4.79 Å². The molecule has 3 saturated carbocycles. The summed E-state index contributed by atoms with van der Waals surface area (Å²) in [5.41, 5.74) is 0.394. The fourth-order valence-corrected chi connectivity index (χ4v) is 9.29. The van der Waals surface area contributed by atoms with Gasteiger partial charge in [0.1, 0.15) is 0 Å². The summed E-state index contributed by atoms with van der Waals surface area (Å²) >= 11 is 0. The van der Waals surface area contributed by atoms with Crippen molar-refractivity contribution in [3.8, 4) is 0 Å². The fraction of sp³-hybridized carbons (Fsp3) is 0.840. The lowest BCUT2D eigenvalue weighted by atomic mass is 9.62. The standard InChI is InChI=1S/C24H42O2Si.CH2O3/c1-6-27(7-2,8-3)26-23-10-9-17-24(5)20(14-15-21(23)24)18(4)11-16-22(25)19-12-13-19;2-1(3)4/h11,16,18-21,23H,6-10,12-15,17H2,1-5H3;(H2,2,3,4). The van der Waals surface area contributed by atoms with E-state index in [4.69, 9.17) is 19.4 Å². The number of hydrogen-bond acceptors (Lipinski definition) is 3. The predicted octanol–water partition coefficient (Wildman–Crippen LogP) is 6.99. The van der Waals surface area contributed by atoms with E-state index < -0.39 is 14.5 Å². The largest absolute Gasteiger partial charge is 0.503 e. The van der Waals surface area contributed by atoms with Crippen LogP contribution >= 0.6 is 0 Å². The summed E-state index contributed by atoms with van der Waals surface area (Å²) in [6.07, 6.45) is 11.6. The second-order valence-electron chi connectivity index (χ2n) is 10.3. The van der Waals surface area contributed by atoms with E-state index in [2.05, 4.69) is 40.7 Å². The summed E-state index contributed by atoms with van der Waals surface area (Å²) in [4.78, 5) is 20.6. The first-order chi connectivity index (χ1) is 14.6. The van der Waals surface area contributed by atoms with Gasteiger partial charge in [0.25, 0.3) is 0 Å². The third-order valence-corrected chi connectivity index (χ3v) is 13.3. The molecule has 0 aliphatic heterocycles. The van der Waals surface area contributed by atoms with Crippen molar-refractivity contribution in [2.24, 2.45) is 29.1 Å². The van der Waals surface area contributed by atoms with E-state index in [1.807, 2.05) is 6.08 Å². The van der Waals surface area contributed by atoms with Gasteiger partial charge in [-0.3, -0.25) is 4.79 Å². The van der Waals surface area contributed by atoms with E-state index >= 15 is 0 Å². The number of carboxylic acid groups (broad SMARTS) is 2. The second kappa shape index (κ2) is 11.1. The van der Waals surface area contributed by atoms with E-state index in [-0.39, 0.29) is 0 Å². The summed E-state index contributed by atoms with van der Waals surface area (Å²) < 4.78 is 7.04. The third kappa shape index (κ3) is 6.44. The minimum Gasteiger partial charge on any atom is -0.450 e. The molecule has 3 rings (SSSR count). The molecular formula is C25H44O5Si. The van der Waals surface area contributed by atoms with Crippen LogP contribution in [0.4, 0.5) is 4.79 Å². The first-order valence-electron chi connectivity index (χ1n) is 12.4. The maximum atomic E-state index is 12.1. The van der Waals surface area contributed by atoms with Crippen LogP contribution in [0.5, 0.6) is 0 Å². The molecule has 0 amide bonds. The predicted molar refractivity (Wildman–Crippen MR) is 127 cm³/mol. The molecule has 0 radical (unpaired) electrons. The molecule has 3 aliphatic carbocycles. The molecule has 5 unspecified atom stereocenters. The number of ketones is 1. The molecule has 0 aromatic rings. The van der Waals surface area contributed by atoms with E-state index in [0.29, 0.717) is 35.1 Å². The van der Waals surface area contributed by atoms with Gasteiger partial charge in [-0.05, 0) is 85.9 Å². The molecule has 2 N–H and O–H groups in total. The van der Waals surface area contributed by atoms with Crippen LogP contribution in [-0.2, 0) is 9.22 Å². The van der Waals surface area contributed by atoms with Gasteiger partial charge in [0, 0.05) is 12.0 Å². The molecular weight excluding hydrogens is 408 g/mol. The van der Waals surface area contributed by atoms with Crippen molar-refractivity contribution in [3.05, 3.63) is 12.2 Å². The maximum absolute atomic E-state index is 12.1. The van der Waals surface area contributed by atoms with Crippen molar-refractivity contribution in [1.82, 2.24) is 0 Å². The minimum absolute atomic E-state index is 0.350. The van der Waals surface area contributed by atoms with Crippen molar-refractivity contribution >= 4 is 20.3 Å². The molecule has 6 heteroatoms. The van der Waals surface area contributed by atoms with Gasteiger partial charge in [-0.15, -0.1) is 0 Å². The van der Waals surface area contributed by atoms with Crippen molar-refractivity contribution in [3.63, 3.8) is 0 Å². The van der Waals surface area contributed by atoms with Crippen molar-refractivity contribution in [2.45, 2.75) is 104 Å². The number of carbonyl (C=O) groups is 2. The molecule has 0 aromatic heterocycles. The summed E-state index contributed by atoms with van der Waals surface area (Å²) in [6.45, 7) is 11.9. The Labute approximate surface area is 189 Å². The van der Waals surface area contributed by atoms with Crippen LogP contribution in [0.2, 0.25) is 18.1 Å². The first-order valence-corrected chi connectivity index (χ1v) is 15.0. The summed E-state index contributed by atoms with van der Waals surface area (Å²) in [6, 6.07) is 3.77. The highest BCUT2D eigenvalue weighted by atomic mass is 28.4. The Kier molecular flexibility index (Phi) is 9.37. The number of fused-ring (bicyclic) bond motifs is 1. The van der Waals surface area contributed by atoms with Crippen LogP contribution < -0.4 is 0 Å². The zero-order valence-corrected chi connectivity index (χ0v) is 21.2. The Hall–Kier alpha value is -1.14. The molecule has 178 valence electrons. The van der Waals surface area contributed by atoms with Crippen molar-refractivity contribution in [2.75, 3.05) is 0 Å². The Balaban J connectivity index is 0.000000785. The van der Waals surface area contributed by atoms with Gasteiger partial charge in [-0.2, -0.15) is 0 Å². The van der Waals surface area contributed by atoms with Crippen LogP contribution in [0, 0.1) is 29.1 Å². The molecule has 3 fully saturated rings. The van der Waals surface area contributed by atoms with Crippen LogP contribution in [0.1, 0.15) is 79.6 Å². The number of allylic oxidation sites excluding steroid dienone is 2. The highest BCUT2D eigenvalue weighted by Crippen LogP contribution is 2.59. The molecule has 0 saturated heterocycles. The molecule has 5 atom stereocenters. The number of hydrogen-bond donors (Lipinski definition) is 2. The minimum atomic E-state index is -1.83.